The van der Waals surface area contributed by atoms with Crippen LogP contribution in [0.4, 0.5) is 15.9 Å². The lowest BCUT2D eigenvalue weighted by atomic mass is 10.0. The van der Waals surface area contributed by atoms with Gasteiger partial charge in [0.25, 0.3) is 0 Å². The summed E-state index contributed by atoms with van der Waals surface area (Å²) in [4.78, 5) is 23.6. The molecule has 184 valence electrons. The van der Waals surface area contributed by atoms with Crippen molar-refractivity contribution in [2.75, 3.05) is 38.7 Å². The number of amides is 1. The highest BCUT2D eigenvalue weighted by Crippen LogP contribution is 2.28. The summed E-state index contributed by atoms with van der Waals surface area (Å²) in [6.45, 7) is 3.50. The number of hydrogen-bond donors (Lipinski definition) is 2. The number of rotatable bonds is 7. The number of nitrogens with one attached hydrogen (secondary N) is 2. The van der Waals surface area contributed by atoms with E-state index in [-0.39, 0.29) is 10.9 Å². The van der Waals surface area contributed by atoms with Crippen LogP contribution < -0.4 is 21.2 Å². The van der Waals surface area contributed by atoms with E-state index in [1.165, 1.54) is 18.5 Å². The Morgan fingerprint density at radius 3 is 3.03 bits per heavy atom. The normalized spacial score (nSPS) is 25.6. The Kier molecular flexibility index (Phi) is 7.10. The number of carbonyl (C=O) groups excluding carboxylic acids is 1. The van der Waals surface area contributed by atoms with Crippen molar-refractivity contribution < 1.29 is 18.7 Å². The maximum absolute atomic E-state index is 13.5. The van der Waals surface area contributed by atoms with Gasteiger partial charge in [0, 0.05) is 56.3 Å². The Balaban J connectivity index is 1.28. The summed E-state index contributed by atoms with van der Waals surface area (Å²) >= 11 is 5.91. The fraction of sp³-hybridized carbons (Fsp3) is 0.400. The van der Waals surface area contributed by atoms with Gasteiger partial charge in [-0.05, 0) is 36.8 Å². The van der Waals surface area contributed by atoms with Gasteiger partial charge in [-0.1, -0.05) is 17.7 Å². The third-order valence-electron chi connectivity index (χ3n) is 6.61. The van der Waals surface area contributed by atoms with Crippen LogP contribution in [0.15, 0.2) is 36.7 Å². The van der Waals surface area contributed by atoms with Crippen molar-refractivity contribution in [3.05, 3.63) is 58.1 Å². The average Bonchev–Trinajstić information content (AvgIpc) is 3.43. The summed E-state index contributed by atoms with van der Waals surface area (Å²) in [7, 11) is 1.59. The predicted octanol–water partition coefficient (Wildman–Crippen LogP) is 1.36. The largest absolute Gasteiger partial charge is 0.377 e. The second kappa shape index (κ2) is 10.4. The molecule has 0 spiro atoms. The molecule has 8 nitrogen and oxygen atoms in total. The number of aromatic nitrogens is 2. The molecule has 1 amide bonds. The molecule has 1 aromatic carbocycles. The lowest BCUT2D eigenvalue weighted by Crippen LogP contribution is -2.49. The molecule has 5 rings (SSSR count). The maximum atomic E-state index is 13.5. The van der Waals surface area contributed by atoms with Crippen molar-refractivity contribution in [1.82, 2.24) is 20.2 Å². The standard InChI is InChI=1S/C25H27ClFN5O3/c1-34-22-11-20-17(25(29-14-28-20)30-16-4-5-19(27)18(26)9-16)10-21(22)31-24(33)3-2-7-32-12-15-6-8-35-23(15)13-32/h2-5,9-11,14-15,21-23H,6-8,12-13H2,1H3,(H,31,33)(H,28,29,30)/b3-2+. The smallest absolute Gasteiger partial charge is 0.244 e. The molecule has 2 saturated heterocycles. The van der Waals surface area contributed by atoms with Crippen LogP contribution in [0.1, 0.15) is 6.42 Å². The molecule has 0 radical (unpaired) electrons. The lowest BCUT2D eigenvalue weighted by Gasteiger charge is -2.24. The van der Waals surface area contributed by atoms with E-state index >= 15 is 0 Å². The Labute approximate surface area is 207 Å². The molecule has 1 aliphatic carbocycles. The molecule has 4 atom stereocenters. The molecule has 4 unspecified atom stereocenters. The van der Waals surface area contributed by atoms with Crippen LogP contribution in [0.5, 0.6) is 0 Å². The van der Waals surface area contributed by atoms with Crippen LogP contribution >= 0.6 is 11.6 Å². The number of likely N-dealkylation sites (tertiary alicyclic amines) is 1. The summed E-state index contributed by atoms with van der Waals surface area (Å²) in [5.41, 5.74) is 0.583. The second-order valence-electron chi connectivity index (χ2n) is 8.92. The van der Waals surface area contributed by atoms with Crippen LogP contribution in [0, 0.1) is 11.7 Å². The number of nitrogens with zero attached hydrogens (tertiary/aromatic N) is 3. The number of hydrogen-bond acceptors (Lipinski definition) is 7. The summed E-state index contributed by atoms with van der Waals surface area (Å²) in [6, 6.07) is 3.92. The van der Waals surface area contributed by atoms with Gasteiger partial charge < -0.3 is 20.1 Å². The van der Waals surface area contributed by atoms with Crippen LogP contribution in [0.25, 0.3) is 12.2 Å². The number of carbonyl (C=O) groups is 1. The zero-order valence-electron chi connectivity index (χ0n) is 19.3. The van der Waals surface area contributed by atoms with Gasteiger partial charge in [0.1, 0.15) is 24.1 Å². The zero-order chi connectivity index (χ0) is 24.4. The lowest BCUT2D eigenvalue weighted by molar-refractivity contribution is -0.117. The van der Waals surface area contributed by atoms with E-state index in [1.54, 1.807) is 19.3 Å². The molecule has 3 heterocycles. The summed E-state index contributed by atoms with van der Waals surface area (Å²) in [5, 5.41) is 7.54. The summed E-state index contributed by atoms with van der Waals surface area (Å²) in [5.74, 6) is 0.419. The number of benzene rings is 1. The van der Waals surface area contributed by atoms with E-state index in [4.69, 9.17) is 21.1 Å². The minimum absolute atomic E-state index is 0.00880. The Morgan fingerprint density at radius 2 is 2.23 bits per heavy atom. The van der Waals surface area contributed by atoms with Crippen molar-refractivity contribution >= 4 is 41.2 Å². The molecule has 35 heavy (non-hydrogen) atoms. The van der Waals surface area contributed by atoms with E-state index in [1.807, 2.05) is 18.2 Å². The summed E-state index contributed by atoms with van der Waals surface area (Å²) in [6.07, 6.45) is 9.65. The number of halogens is 2. The minimum atomic E-state index is -0.499. The topological polar surface area (TPSA) is 88.6 Å². The molecule has 3 aliphatic rings. The predicted molar refractivity (Wildman–Crippen MR) is 131 cm³/mol. The number of ether oxygens (including phenoxy) is 2. The molecule has 1 aromatic heterocycles. The molecule has 2 aliphatic heterocycles. The van der Waals surface area contributed by atoms with Crippen LogP contribution in [0.2, 0.25) is 5.02 Å². The molecule has 2 fully saturated rings. The van der Waals surface area contributed by atoms with Gasteiger partial charge in [-0.15, -0.1) is 0 Å². The highest BCUT2D eigenvalue weighted by Gasteiger charge is 2.36. The first-order valence-electron chi connectivity index (χ1n) is 11.6. The van der Waals surface area contributed by atoms with Crippen LogP contribution in [-0.2, 0) is 14.3 Å². The monoisotopic (exact) mass is 499 g/mol. The Bertz CT molecular complexity index is 1240. The Hall–Kier alpha value is -2.85. The fourth-order valence-electron chi connectivity index (χ4n) is 4.82. The van der Waals surface area contributed by atoms with E-state index in [0.717, 1.165) is 26.1 Å². The van der Waals surface area contributed by atoms with Gasteiger partial charge in [-0.3, -0.25) is 9.69 Å². The van der Waals surface area contributed by atoms with Gasteiger partial charge in [0.2, 0.25) is 5.91 Å². The van der Waals surface area contributed by atoms with Gasteiger partial charge in [0.05, 0.1) is 22.5 Å². The first kappa shape index (κ1) is 23.9. The maximum Gasteiger partial charge on any atom is 0.244 e. The molecule has 2 N–H and O–H groups in total. The third-order valence-corrected chi connectivity index (χ3v) is 6.90. The van der Waals surface area contributed by atoms with Crippen LogP contribution in [0.3, 0.4) is 0 Å². The van der Waals surface area contributed by atoms with E-state index in [0.29, 0.717) is 40.6 Å². The quantitative estimate of drug-likeness (QED) is 0.556. The highest BCUT2D eigenvalue weighted by molar-refractivity contribution is 6.31. The van der Waals surface area contributed by atoms with Crippen molar-refractivity contribution in [2.24, 2.45) is 5.92 Å². The minimum Gasteiger partial charge on any atom is -0.377 e. The summed E-state index contributed by atoms with van der Waals surface area (Å²) < 4.78 is 24.9. The van der Waals surface area contributed by atoms with Crippen molar-refractivity contribution in [1.29, 1.82) is 0 Å². The average molecular weight is 500 g/mol. The molecule has 0 saturated carbocycles. The van der Waals surface area contributed by atoms with Crippen molar-refractivity contribution in [3.63, 3.8) is 0 Å². The second-order valence-corrected chi connectivity index (χ2v) is 9.33. The fourth-order valence-corrected chi connectivity index (χ4v) is 5.00. The van der Waals surface area contributed by atoms with E-state index in [9.17, 15) is 9.18 Å². The molecular weight excluding hydrogens is 473 g/mol. The molecule has 10 heteroatoms. The van der Waals surface area contributed by atoms with E-state index < -0.39 is 18.0 Å². The number of anilines is 2. The first-order chi connectivity index (χ1) is 17.0. The van der Waals surface area contributed by atoms with Gasteiger partial charge in [-0.25, -0.2) is 14.4 Å². The molecule has 0 bridgehead atoms. The van der Waals surface area contributed by atoms with E-state index in [2.05, 4.69) is 25.5 Å². The van der Waals surface area contributed by atoms with Crippen molar-refractivity contribution in [2.45, 2.75) is 24.7 Å². The Morgan fingerprint density at radius 1 is 1.34 bits per heavy atom. The van der Waals surface area contributed by atoms with Gasteiger partial charge in [0.15, 0.2) is 0 Å². The van der Waals surface area contributed by atoms with Gasteiger partial charge in [-0.2, -0.15) is 0 Å². The third kappa shape index (κ3) is 5.38. The molecular formula is C25H27ClFN5O3. The number of fused-ring (bicyclic) bond motifs is 2. The highest BCUT2D eigenvalue weighted by atomic mass is 35.5. The van der Waals surface area contributed by atoms with Crippen LogP contribution in [-0.4, -0.2) is 72.4 Å². The van der Waals surface area contributed by atoms with Crippen molar-refractivity contribution in [3.8, 4) is 0 Å². The SMILES string of the molecule is COC1C=c2ncnc(Nc3ccc(F)c(Cl)c3)c2=CC1NC(=O)/C=C/CN1CC2CCOC2C1. The van der Waals surface area contributed by atoms with Gasteiger partial charge >= 0.3 is 0 Å². The molecule has 2 aromatic rings. The zero-order valence-corrected chi connectivity index (χ0v) is 20.0. The number of methoxy groups -OCH3 is 1. The first-order valence-corrected chi connectivity index (χ1v) is 12.0.